The molecule has 0 saturated heterocycles. The zero-order valence-electron chi connectivity index (χ0n) is 11.3. The number of thioether (sulfide) groups is 1. The number of likely N-dealkylation sites (N-methyl/N-ethyl adjacent to an activating group) is 1. The van der Waals surface area contributed by atoms with Gasteiger partial charge in [0.15, 0.2) is 0 Å². The van der Waals surface area contributed by atoms with Gasteiger partial charge >= 0.3 is 5.97 Å². The quantitative estimate of drug-likeness (QED) is 0.487. The van der Waals surface area contributed by atoms with Gasteiger partial charge in [-0.05, 0) is 32.1 Å². The fourth-order valence-corrected chi connectivity index (χ4v) is 2.46. The third-order valence-electron chi connectivity index (χ3n) is 2.68. The number of hydrogen-bond donors (Lipinski definition) is 2. The third kappa shape index (κ3) is 6.29. The molecule has 0 fully saturated rings. The largest absolute Gasteiger partial charge is 0.468 e. The van der Waals surface area contributed by atoms with Gasteiger partial charge in [0.25, 0.3) is 0 Å². The van der Waals surface area contributed by atoms with Crippen LogP contribution in [0.25, 0.3) is 0 Å². The number of esters is 1. The predicted octanol–water partition coefficient (Wildman–Crippen LogP) is 1.42. The van der Waals surface area contributed by atoms with Gasteiger partial charge in [0.2, 0.25) is 0 Å². The monoisotopic (exact) mass is 263 g/mol. The molecule has 0 aromatic heterocycles. The minimum Gasteiger partial charge on any atom is -0.468 e. The van der Waals surface area contributed by atoms with Crippen LogP contribution in [0.2, 0.25) is 0 Å². The molecule has 2 atom stereocenters. The molecule has 4 nitrogen and oxygen atoms in total. The third-order valence-corrected chi connectivity index (χ3v) is 3.93. The van der Waals surface area contributed by atoms with Gasteiger partial charge in [-0.2, -0.15) is 11.8 Å². The predicted molar refractivity (Wildman–Crippen MR) is 72.3 cm³/mol. The van der Waals surface area contributed by atoms with E-state index in [0.29, 0.717) is 0 Å². The highest BCUT2D eigenvalue weighted by Gasteiger charge is 2.32. The maximum absolute atomic E-state index is 11.7. The Balaban J connectivity index is 4.05. The first-order valence-corrected chi connectivity index (χ1v) is 7.11. The lowest BCUT2D eigenvalue weighted by Crippen LogP contribution is -2.50. The van der Waals surface area contributed by atoms with Crippen molar-refractivity contribution in [2.75, 3.05) is 26.0 Å². The molecule has 0 rings (SSSR count). The molecule has 0 bridgehead atoms. The molecule has 0 saturated carbocycles. The number of nitrogens with one attached hydrogen (secondary N) is 1. The fourth-order valence-electron chi connectivity index (χ4n) is 1.64. The normalized spacial score (nSPS) is 16.3. The molecular formula is C12H25NO3S. The molecule has 0 aliphatic heterocycles. The molecule has 102 valence electrons. The summed E-state index contributed by atoms with van der Waals surface area (Å²) in [5.74, 6) is 0.735. The van der Waals surface area contributed by atoms with Crippen LogP contribution >= 0.6 is 11.8 Å². The highest BCUT2D eigenvalue weighted by atomic mass is 32.2. The summed E-state index contributed by atoms with van der Waals surface area (Å²) in [6.45, 7) is 6.79. The molecule has 5 heteroatoms. The van der Waals surface area contributed by atoms with Crippen LogP contribution < -0.4 is 5.32 Å². The molecule has 2 unspecified atom stereocenters. The Morgan fingerprint density at radius 1 is 1.59 bits per heavy atom. The van der Waals surface area contributed by atoms with E-state index in [4.69, 9.17) is 9.84 Å². The molecule has 0 radical (unpaired) electrons. The second kappa shape index (κ2) is 8.78. The van der Waals surface area contributed by atoms with Crippen LogP contribution in [0, 0.1) is 0 Å². The average molecular weight is 263 g/mol. The number of hydrogen-bond acceptors (Lipinski definition) is 5. The lowest BCUT2D eigenvalue weighted by atomic mass is 9.96. The van der Waals surface area contributed by atoms with E-state index in [9.17, 15) is 4.79 Å². The van der Waals surface area contributed by atoms with Gasteiger partial charge in [-0.1, -0.05) is 13.8 Å². The molecule has 0 amide bonds. The molecule has 0 spiro atoms. The lowest BCUT2D eigenvalue weighted by molar-refractivity contribution is -0.148. The van der Waals surface area contributed by atoms with Gasteiger partial charge in [-0.25, -0.2) is 0 Å². The average Bonchev–Trinajstić information content (AvgIpc) is 2.33. The number of carbonyl (C=O) groups is 1. The highest BCUT2D eigenvalue weighted by Crippen LogP contribution is 2.18. The molecule has 0 heterocycles. The first-order chi connectivity index (χ1) is 8.00. The van der Waals surface area contributed by atoms with Crippen LogP contribution in [-0.2, 0) is 9.53 Å². The number of aliphatic hydroxyl groups excluding tert-OH is 1. The topological polar surface area (TPSA) is 58.6 Å². The van der Waals surface area contributed by atoms with Crippen molar-refractivity contribution in [1.82, 2.24) is 5.32 Å². The van der Waals surface area contributed by atoms with Crippen LogP contribution in [0.1, 0.15) is 33.6 Å². The van der Waals surface area contributed by atoms with Gasteiger partial charge in [-0.15, -0.1) is 0 Å². The summed E-state index contributed by atoms with van der Waals surface area (Å²) in [7, 11) is 1.42. The van der Waals surface area contributed by atoms with Crippen LogP contribution in [-0.4, -0.2) is 47.9 Å². The molecule has 2 N–H and O–H groups in total. The van der Waals surface area contributed by atoms with Crippen molar-refractivity contribution < 1.29 is 14.6 Å². The van der Waals surface area contributed by atoms with Crippen LogP contribution in [0.15, 0.2) is 0 Å². The van der Waals surface area contributed by atoms with Crippen molar-refractivity contribution in [3.8, 4) is 0 Å². The van der Waals surface area contributed by atoms with E-state index < -0.39 is 5.54 Å². The first-order valence-electron chi connectivity index (χ1n) is 6.06. The Kier molecular flexibility index (Phi) is 8.64. The minimum absolute atomic E-state index is 0.201. The van der Waals surface area contributed by atoms with Gasteiger partial charge < -0.3 is 15.2 Å². The summed E-state index contributed by atoms with van der Waals surface area (Å²) in [4.78, 5) is 11.7. The Hall–Kier alpha value is -0.260. The smallest absolute Gasteiger partial charge is 0.325 e. The second-order valence-corrected chi connectivity index (χ2v) is 5.87. The molecule has 0 aromatic carbocycles. The second-order valence-electron chi connectivity index (χ2n) is 4.32. The van der Waals surface area contributed by atoms with Crippen molar-refractivity contribution >= 4 is 17.7 Å². The van der Waals surface area contributed by atoms with E-state index >= 15 is 0 Å². The van der Waals surface area contributed by atoms with E-state index in [1.54, 1.807) is 11.8 Å². The van der Waals surface area contributed by atoms with E-state index in [2.05, 4.69) is 5.32 Å². The van der Waals surface area contributed by atoms with E-state index in [1.165, 1.54) is 7.11 Å². The number of ether oxygens (including phenoxy) is 1. The molecule has 0 aliphatic carbocycles. The van der Waals surface area contributed by atoms with E-state index in [-0.39, 0.29) is 17.8 Å². The zero-order chi connectivity index (χ0) is 13.3. The first kappa shape index (κ1) is 16.7. The van der Waals surface area contributed by atoms with Gasteiger partial charge in [0, 0.05) is 5.25 Å². The van der Waals surface area contributed by atoms with Gasteiger partial charge in [0.1, 0.15) is 5.54 Å². The molecule has 0 aliphatic rings. The fraction of sp³-hybridized carbons (Fsp3) is 0.917. The van der Waals surface area contributed by atoms with Gasteiger partial charge in [0.05, 0.1) is 13.7 Å². The highest BCUT2D eigenvalue weighted by molar-refractivity contribution is 7.99. The van der Waals surface area contributed by atoms with Crippen molar-refractivity contribution in [2.45, 2.75) is 44.4 Å². The summed E-state index contributed by atoms with van der Waals surface area (Å²) in [6.07, 6.45) is 1.67. The van der Waals surface area contributed by atoms with Crippen LogP contribution in [0.4, 0.5) is 0 Å². The Labute approximate surface area is 108 Å². The summed E-state index contributed by atoms with van der Waals surface area (Å²) in [6, 6.07) is 0. The Bertz CT molecular complexity index is 226. The molecule has 0 aromatic rings. The van der Waals surface area contributed by atoms with Crippen molar-refractivity contribution in [3.63, 3.8) is 0 Å². The maximum Gasteiger partial charge on any atom is 0.325 e. The Morgan fingerprint density at radius 2 is 2.24 bits per heavy atom. The van der Waals surface area contributed by atoms with Crippen LogP contribution in [0.3, 0.4) is 0 Å². The van der Waals surface area contributed by atoms with Gasteiger partial charge in [-0.3, -0.25) is 4.79 Å². The number of rotatable bonds is 9. The minimum atomic E-state index is -0.591. The maximum atomic E-state index is 11.7. The SMILES string of the molecule is CCNC(C)(CCCSC(C)CO)C(=O)OC. The molecule has 17 heavy (non-hydrogen) atoms. The lowest BCUT2D eigenvalue weighted by Gasteiger charge is -2.27. The number of methoxy groups -OCH3 is 1. The summed E-state index contributed by atoms with van der Waals surface area (Å²) in [5.41, 5.74) is -0.591. The van der Waals surface area contributed by atoms with Crippen LogP contribution in [0.5, 0.6) is 0 Å². The van der Waals surface area contributed by atoms with E-state index in [0.717, 1.165) is 25.1 Å². The Morgan fingerprint density at radius 3 is 2.71 bits per heavy atom. The van der Waals surface area contributed by atoms with Crippen molar-refractivity contribution in [1.29, 1.82) is 0 Å². The number of carbonyl (C=O) groups excluding carboxylic acids is 1. The zero-order valence-corrected chi connectivity index (χ0v) is 12.1. The van der Waals surface area contributed by atoms with Crippen molar-refractivity contribution in [2.24, 2.45) is 0 Å². The summed E-state index contributed by atoms with van der Waals surface area (Å²) in [5, 5.41) is 12.3. The summed E-state index contributed by atoms with van der Waals surface area (Å²) >= 11 is 1.72. The number of aliphatic hydroxyl groups is 1. The standard InChI is InChI=1S/C12H25NO3S/c1-5-13-12(3,11(15)16-4)7-6-8-17-10(2)9-14/h10,13-14H,5-9H2,1-4H3. The van der Waals surface area contributed by atoms with Crippen molar-refractivity contribution in [3.05, 3.63) is 0 Å². The molecular weight excluding hydrogens is 238 g/mol. The van der Waals surface area contributed by atoms with E-state index in [1.807, 2.05) is 20.8 Å². The summed E-state index contributed by atoms with van der Waals surface area (Å²) < 4.78 is 4.82.